The number of hydrogen-bond acceptors (Lipinski definition) is 6. The normalized spacial score (nSPS) is 18.5. The van der Waals surface area contributed by atoms with Crippen LogP contribution in [0.2, 0.25) is 0 Å². The van der Waals surface area contributed by atoms with Crippen molar-refractivity contribution in [2.45, 2.75) is 12.5 Å². The van der Waals surface area contributed by atoms with Gasteiger partial charge in [0.15, 0.2) is 11.4 Å². The lowest BCUT2D eigenvalue weighted by molar-refractivity contribution is -0.134. The molecule has 0 atom stereocenters. The molecule has 102 valence electrons. The molecule has 2 aromatic rings. The first-order chi connectivity index (χ1) is 8.98. The fourth-order valence-corrected chi connectivity index (χ4v) is 2.18. The molecule has 19 heavy (non-hydrogen) atoms. The smallest absolute Gasteiger partial charge is 0.272 e. The maximum Gasteiger partial charge on any atom is 0.272 e. The van der Waals surface area contributed by atoms with E-state index in [9.17, 15) is 8.78 Å². The number of nitrogens with zero attached hydrogens (tertiary/aromatic N) is 3. The predicted octanol–water partition coefficient (Wildman–Crippen LogP) is 1.26. The van der Waals surface area contributed by atoms with Gasteiger partial charge < -0.3 is 15.0 Å². The SMILES string of the molecule is COc1nc(CN2CC(F)(F)C2)cc2onc(N)c12. The van der Waals surface area contributed by atoms with E-state index in [0.29, 0.717) is 29.1 Å². The molecule has 0 radical (unpaired) electrons. The fraction of sp³-hybridized carbons (Fsp3) is 0.455. The van der Waals surface area contributed by atoms with E-state index in [-0.39, 0.29) is 18.9 Å². The van der Waals surface area contributed by atoms with Crippen LogP contribution in [0.25, 0.3) is 11.0 Å². The van der Waals surface area contributed by atoms with Crippen molar-refractivity contribution in [1.82, 2.24) is 15.0 Å². The Labute approximate surface area is 107 Å². The van der Waals surface area contributed by atoms with Crippen LogP contribution >= 0.6 is 0 Å². The number of fused-ring (bicyclic) bond motifs is 1. The lowest BCUT2D eigenvalue weighted by Gasteiger charge is -2.38. The van der Waals surface area contributed by atoms with Crippen LogP contribution in [0.3, 0.4) is 0 Å². The van der Waals surface area contributed by atoms with Gasteiger partial charge in [-0.15, -0.1) is 0 Å². The Morgan fingerprint density at radius 1 is 1.53 bits per heavy atom. The van der Waals surface area contributed by atoms with Crippen molar-refractivity contribution in [2.75, 3.05) is 25.9 Å². The second-order valence-corrected chi connectivity index (χ2v) is 4.56. The van der Waals surface area contributed by atoms with Crippen molar-refractivity contribution < 1.29 is 18.0 Å². The third-order valence-electron chi connectivity index (χ3n) is 2.99. The average molecular weight is 270 g/mol. The first-order valence-electron chi connectivity index (χ1n) is 5.67. The molecule has 0 unspecified atom stereocenters. The Kier molecular flexibility index (Phi) is 2.56. The summed E-state index contributed by atoms with van der Waals surface area (Å²) < 4.78 is 35.7. The first-order valence-corrected chi connectivity index (χ1v) is 5.67. The van der Waals surface area contributed by atoms with Gasteiger partial charge in [-0.1, -0.05) is 5.16 Å². The largest absolute Gasteiger partial charge is 0.480 e. The highest BCUT2D eigenvalue weighted by Crippen LogP contribution is 2.32. The van der Waals surface area contributed by atoms with E-state index < -0.39 is 5.92 Å². The van der Waals surface area contributed by atoms with Crippen LogP contribution in [0.5, 0.6) is 5.88 Å². The van der Waals surface area contributed by atoms with Crippen molar-refractivity contribution in [2.24, 2.45) is 0 Å². The molecule has 1 saturated heterocycles. The highest BCUT2D eigenvalue weighted by Gasteiger charge is 2.43. The van der Waals surface area contributed by atoms with Crippen molar-refractivity contribution >= 4 is 16.8 Å². The number of halogens is 2. The maximum atomic E-state index is 12.8. The molecule has 3 heterocycles. The van der Waals surface area contributed by atoms with Gasteiger partial charge in [0.2, 0.25) is 5.88 Å². The standard InChI is InChI=1S/C11H12F2N4O2/c1-18-10-8-7(19-16-9(8)14)2-6(15-10)3-17-4-11(12,13)5-17/h2H,3-5H2,1H3,(H2,14,16). The molecular weight excluding hydrogens is 258 g/mol. The van der Waals surface area contributed by atoms with Crippen LogP contribution < -0.4 is 10.5 Å². The van der Waals surface area contributed by atoms with Gasteiger partial charge in [0.25, 0.3) is 5.92 Å². The number of nitrogen functional groups attached to an aromatic ring is 1. The molecule has 3 rings (SSSR count). The molecule has 0 spiro atoms. The number of likely N-dealkylation sites (tertiary alicyclic amines) is 1. The number of pyridine rings is 1. The summed E-state index contributed by atoms with van der Waals surface area (Å²) in [5, 5.41) is 4.13. The Bertz CT molecular complexity index is 620. The minimum Gasteiger partial charge on any atom is -0.480 e. The van der Waals surface area contributed by atoms with E-state index in [1.165, 1.54) is 7.11 Å². The van der Waals surface area contributed by atoms with E-state index in [0.717, 1.165) is 0 Å². The van der Waals surface area contributed by atoms with Gasteiger partial charge in [-0.2, -0.15) is 0 Å². The quantitative estimate of drug-likeness (QED) is 0.904. The van der Waals surface area contributed by atoms with Gasteiger partial charge in [-0.3, -0.25) is 4.90 Å². The van der Waals surface area contributed by atoms with Crippen molar-refractivity contribution in [3.05, 3.63) is 11.8 Å². The number of alkyl halides is 2. The lowest BCUT2D eigenvalue weighted by Crippen LogP contribution is -2.55. The molecule has 0 bridgehead atoms. The summed E-state index contributed by atoms with van der Waals surface area (Å²) in [7, 11) is 1.45. The van der Waals surface area contributed by atoms with Crippen molar-refractivity contribution in [3.8, 4) is 5.88 Å². The summed E-state index contributed by atoms with van der Waals surface area (Å²) >= 11 is 0. The van der Waals surface area contributed by atoms with Crippen LogP contribution in [0.1, 0.15) is 5.69 Å². The van der Waals surface area contributed by atoms with E-state index in [1.807, 2.05) is 0 Å². The van der Waals surface area contributed by atoms with Crippen LogP contribution in [-0.4, -0.2) is 41.2 Å². The number of ether oxygens (including phenoxy) is 1. The first kappa shape index (κ1) is 12.1. The monoisotopic (exact) mass is 270 g/mol. The predicted molar refractivity (Wildman–Crippen MR) is 63.0 cm³/mol. The van der Waals surface area contributed by atoms with Gasteiger partial charge in [-0.05, 0) is 0 Å². The van der Waals surface area contributed by atoms with Crippen LogP contribution in [0.4, 0.5) is 14.6 Å². The molecule has 1 aliphatic heterocycles. The number of methoxy groups -OCH3 is 1. The van der Waals surface area contributed by atoms with Crippen LogP contribution in [0, 0.1) is 0 Å². The third-order valence-corrected chi connectivity index (χ3v) is 2.99. The highest BCUT2D eigenvalue weighted by molar-refractivity contribution is 5.91. The zero-order chi connectivity index (χ0) is 13.6. The molecule has 8 heteroatoms. The molecule has 1 fully saturated rings. The molecule has 1 aliphatic rings. The molecule has 2 N–H and O–H groups in total. The molecular formula is C11H12F2N4O2. The van der Waals surface area contributed by atoms with Gasteiger partial charge >= 0.3 is 0 Å². The number of rotatable bonds is 3. The molecule has 0 aromatic carbocycles. The number of nitrogens with two attached hydrogens (primary N) is 1. The fourth-order valence-electron chi connectivity index (χ4n) is 2.18. The van der Waals surface area contributed by atoms with E-state index in [2.05, 4.69) is 10.1 Å². The summed E-state index contributed by atoms with van der Waals surface area (Å²) in [5.74, 6) is -2.11. The van der Waals surface area contributed by atoms with Crippen LogP contribution in [-0.2, 0) is 6.54 Å². The van der Waals surface area contributed by atoms with E-state index >= 15 is 0 Å². The summed E-state index contributed by atoms with van der Waals surface area (Å²) in [6.45, 7) is -0.205. The summed E-state index contributed by atoms with van der Waals surface area (Å²) in [6, 6.07) is 1.64. The number of aromatic nitrogens is 2. The Morgan fingerprint density at radius 2 is 2.26 bits per heavy atom. The molecule has 0 saturated carbocycles. The minimum absolute atomic E-state index is 0.196. The van der Waals surface area contributed by atoms with E-state index in [1.54, 1.807) is 11.0 Å². The van der Waals surface area contributed by atoms with Crippen molar-refractivity contribution in [3.63, 3.8) is 0 Å². The van der Waals surface area contributed by atoms with Gasteiger partial charge in [-0.25, -0.2) is 13.8 Å². The summed E-state index contributed by atoms with van der Waals surface area (Å²) in [4.78, 5) is 5.82. The van der Waals surface area contributed by atoms with Crippen molar-refractivity contribution in [1.29, 1.82) is 0 Å². The zero-order valence-corrected chi connectivity index (χ0v) is 10.2. The summed E-state index contributed by atoms with van der Waals surface area (Å²) in [5.41, 5.74) is 6.66. The zero-order valence-electron chi connectivity index (χ0n) is 10.2. The topological polar surface area (TPSA) is 77.4 Å². The molecule has 2 aromatic heterocycles. The number of hydrogen-bond donors (Lipinski definition) is 1. The summed E-state index contributed by atoms with van der Waals surface area (Å²) in [6.07, 6.45) is 0. The Hall–Kier alpha value is -1.96. The second-order valence-electron chi connectivity index (χ2n) is 4.56. The van der Waals surface area contributed by atoms with E-state index in [4.69, 9.17) is 15.0 Å². The Morgan fingerprint density at radius 3 is 2.89 bits per heavy atom. The van der Waals surface area contributed by atoms with Gasteiger partial charge in [0.05, 0.1) is 25.9 Å². The average Bonchev–Trinajstić information content (AvgIpc) is 2.68. The van der Waals surface area contributed by atoms with Crippen LogP contribution in [0.15, 0.2) is 10.6 Å². The molecule has 0 aliphatic carbocycles. The molecule has 0 amide bonds. The Balaban J connectivity index is 1.88. The lowest BCUT2D eigenvalue weighted by atomic mass is 10.1. The minimum atomic E-state index is -2.59. The number of anilines is 1. The van der Waals surface area contributed by atoms with Gasteiger partial charge in [0, 0.05) is 12.6 Å². The highest BCUT2D eigenvalue weighted by atomic mass is 19.3. The third kappa shape index (κ3) is 2.07. The second kappa shape index (κ2) is 4.02. The maximum absolute atomic E-state index is 12.8. The van der Waals surface area contributed by atoms with Gasteiger partial charge in [0.1, 0.15) is 5.39 Å². The molecule has 6 nitrogen and oxygen atoms in total.